The van der Waals surface area contributed by atoms with Crippen LogP contribution >= 0.6 is 0 Å². The highest BCUT2D eigenvalue weighted by Crippen LogP contribution is 2.61. The first-order valence-electron chi connectivity index (χ1n) is 12.0. The van der Waals surface area contributed by atoms with Crippen molar-refractivity contribution in [1.29, 1.82) is 0 Å². The molecule has 5 aliphatic carbocycles. The van der Waals surface area contributed by atoms with E-state index in [-0.39, 0.29) is 0 Å². The summed E-state index contributed by atoms with van der Waals surface area (Å²) in [6, 6.07) is 6.73. The molecule has 0 N–H and O–H groups in total. The molecule has 0 saturated heterocycles. The van der Waals surface area contributed by atoms with Crippen molar-refractivity contribution in [1.82, 2.24) is 4.90 Å². The van der Waals surface area contributed by atoms with Crippen LogP contribution in [0, 0.1) is 23.2 Å². The third-order valence-electron chi connectivity index (χ3n) is 8.55. The fourth-order valence-electron chi connectivity index (χ4n) is 7.87. The molecule has 1 aromatic rings. The Kier molecular flexibility index (Phi) is 5.12. The molecule has 1 aromatic carbocycles. The van der Waals surface area contributed by atoms with Crippen molar-refractivity contribution in [2.75, 3.05) is 13.7 Å². The number of benzene rings is 1. The second-order valence-electron chi connectivity index (χ2n) is 10.7. The molecule has 0 aliphatic heterocycles. The fraction of sp³-hybridized carbons (Fsp3) is 0.731. The number of fused-ring (bicyclic) bond motifs is 1. The zero-order valence-corrected chi connectivity index (χ0v) is 18.3. The molecule has 0 heterocycles. The lowest BCUT2D eigenvalue weighted by molar-refractivity contribution is -0.142. The SMILES string of the molecule is CCCN(C(=O)CC12CC3CC(CC(C3)C1)C2)C1CCc2cccc(OC)c2C1. The van der Waals surface area contributed by atoms with E-state index in [2.05, 4.69) is 30.0 Å². The van der Waals surface area contributed by atoms with Gasteiger partial charge in [0.1, 0.15) is 5.75 Å². The topological polar surface area (TPSA) is 29.5 Å². The predicted molar refractivity (Wildman–Crippen MR) is 116 cm³/mol. The Morgan fingerprint density at radius 3 is 2.45 bits per heavy atom. The molecule has 158 valence electrons. The Morgan fingerprint density at radius 2 is 1.83 bits per heavy atom. The number of carbonyl (C=O) groups excluding carboxylic acids is 1. The van der Waals surface area contributed by atoms with E-state index in [1.54, 1.807) is 7.11 Å². The van der Waals surface area contributed by atoms with Crippen LogP contribution in [0.5, 0.6) is 5.75 Å². The molecule has 3 nitrogen and oxygen atoms in total. The lowest BCUT2D eigenvalue weighted by Gasteiger charge is -2.57. The van der Waals surface area contributed by atoms with Gasteiger partial charge in [-0.15, -0.1) is 0 Å². The summed E-state index contributed by atoms with van der Waals surface area (Å²) in [7, 11) is 1.77. The van der Waals surface area contributed by atoms with Gasteiger partial charge in [-0.05, 0) is 105 Å². The molecule has 0 aromatic heterocycles. The first kappa shape index (κ1) is 19.5. The second-order valence-corrected chi connectivity index (χ2v) is 10.7. The van der Waals surface area contributed by atoms with Crippen LogP contribution in [-0.4, -0.2) is 30.5 Å². The van der Waals surface area contributed by atoms with Gasteiger partial charge in [0.25, 0.3) is 0 Å². The van der Waals surface area contributed by atoms with E-state index < -0.39 is 0 Å². The number of ether oxygens (including phenoxy) is 1. The summed E-state index contributed by atoms with van der Waals surface area (Å²) >= 11 is 0. The van der Waals surface area contributed by atoms with Crippen LogP contribution in [0.2, 0.25) is 0 Å². The molecule has 1 atom stereocenters. The monoisotopic (exact) mass is 395 g/mol. The minimum absolute atomic E-state index is 0.333. The van der Waals surface area contributed by atoms with E-state index in [9.17, 15) is 4.79 Å². The van der Waals surface area contributed by atoms with Crippen molar-refractivity contribution < 1.29 is 9.53 Å². The van der Waals surface area contributed by atoms with Gasteiger partial charge in [-0.2, -0.15) is 0 Å². The van der Waals surface area contributed by atoms with E-state index >= 15 is 0 Å². The van der Waals surface area contributed by atoms with E-state index in [1.165, 1.54) is 49.7 Å². The third-order valence-corrected chi connectivity index (χ3v) is 8.55. The molecule has 5 aliphatic rings. The summed E-state index contributed by atoms with van der Waals surface area (Å²) in [5.41, 5.74) is 3.07. The smallest absolute Gasteiger partial charge is 0.223 e. The summed E-state index contributed by atoms with van der Waals surface area (Å²) in [6.45, 7) is 3.11. The lowest BCUT2D eigenvalue weighted by Crippen LogP contribution is -2.50. The van der Waals surface area contributed by atoms with Crippen molar-refractivity contribution in [3.8, 4) is 5.75 Å². The van der Waals surface area contributed by atoms with Gasteiger partial charge < -0.3 is 9.64 Å². The number of rotatable bonds is 6. The van der Waals surface area contributed by atoms with Crippen molar-refractivity contribution in [3.05, 3.63) is 29.3 Å². The van der Waals surface area contributed by atoms with Gasteiger partial charge in [0, 0.05) is 19.0 Å². The Balaban J connectivity index is 1.33. The number of nitrogens with zero attached hydrogens (tertiary/aromatic N) is 1. The average molecular weight is 396 g/mol. The van der Waals surface area contributed by atoms with Gasteiger partial charge in [-0.3, -0.25) is 4.79 Å². The third kappa shape index (κ3) is 3.59. The number of hydrogen-bond donors (Lipinski definition) is 0. The maximum Gasteiger partial charge on any atom is 0.223 e. The largest absolute Gasteiger partial charge is 0.496 e. The molecular weight excluding hydrogens is 358 g/mol. The van der Waals surface area contributed by atoms with Crippen LogP contribution in [0.1, 0.15) is 75.8 Å². The minimum Gasteiger partial charge on any atom is -0.496 e. The molecule has 0 spiro atoms. The predicted octanol–water partition coefficient (Wildman–Crippen LogP) is 5.40. The van der Waals surface area contributed by atoms with Crippen LogP contribution in [0.4, 0.5) is 0 Å². The normalized spacial score (nSPS) is 34.7. The van der Waals surface area contributed by atoms with Crippen LogP contribution < -0.4 is 4.74 Å². The minimum atomic E-state index is 0.333. The molecular formula is C26H37NO2. The van der Waals surface area contributed by atoms with Gasteiger partial charge in [0.05, 0.1) is 7.11 Å². The van der Waals surface area contributed by atoms with E-state index in [1.807, 2.05) is 0 Å². The molecule has 3 heteroatoms. The van der Waals surface area contributed by atoms with Gasteiger partial charge in [-0.25, -0.2) is 0 Å². The maximum atomic E-state index is 13.7. The van der Waals surface area contributed by atoms with Crippen molar-refractivity contribution >= 4 is 5.91 Å². The Bertz CT molecular complexity index is 720. The molecule has 4 bridgehead atoms. The Labute approximate surface area is 176 Å². The second kappa shape index (κ2) is 7.63. The maximum absolute atomic E-state index is 13.7. The van der Waals surface area contributed by atoms with Gasteiger partial charge in [-0.1, -0.05) is 19.1 Å². The first-order valence-corrected chi connectivity index (χ1v) is 12.0. The van der Waals surface area contributed by atoms with Crippen LogP contribution in [-0.2, 0) is 17.6 Å². The summed E-state index contributed by atoms with van der Waals surface area (Å²) in [5.74, 6) is 4.19. The van der Waals surface area contributed by atoms with Crippen LogP contribution in [0.25, 0.3) is 0 Å². The van der Waals surface area contributed by atoms with Gasteiger partial charge >= 0.3 is 0 Å². The van der Waals surface area contributed by atoms with E-state index in [4.69, 9.17) is 4.74 Å². The average Bonchev–Trinajstić information content (AvgIpc) is 2.69. The molecule has 0 radical (unpaired) electrons. The zero-order chi connectivity index (χ0) is 20.0. The van der Waals surface area contributed by atoms with Gasteiger partial charge in [0.15, 0.2) is 0 Å². The standard InChI is InChI=1S/C26H37NO2/c1-3-9-27(22-8-7-21-5-4-6-24(29-2)23(21)13-22)25(28)17-26-14-18-10-19(15-26)12-20(11-18)16-26/h4-6,18-20,22H,3,7-17H2,1-2H3. The van der Waals surface area contributed by atoms with Crippen molar-refractivity contribution in [2.24, 2.45) is 23.2 Å². The summed E-state index contributed by atoms with van der Waals surface area (Å²) in [5, 5.41) is 0. The highest BCUT2D eigenvalue weighted by atomic mass is 16.5. The number of hydrogen-bond acceptors (Lipinski definition) is 2. The zero-order valence-electron chi connectivity index (χ0n) is 18.3. The summed E-state index contributed by atoms with van der Waals surface area (Å²) in [6.07, 6.45) is 13.3. The van der Waals surface area contributed by atoms with Crippen molar-refractivity contribution in [3.63, 3.8) is 0 Å². The molecule has 4 saturated carbocycles. The lowest BCUT2D eigenvalue weighted by atomic mass is 9.49. The van der Waals surface area contributed by atoms with Crippen molar-refractivity contribution in [2.45, 2.75) is 83.6 Å². The Hall–Kier alpha value is -1.51. The molecule has 1 unspecified atom stereocenters. The first-order chi connectivity index (χ1) is 14.1. The quantitative estimate of drug-likeness (QED) is 0.646. The molecule has 6 rings (SSSR count). The number of amides is 1. The Morgan fingerprint density at radius 1 is 1.14 bits per heavy atom. The highest BCUT2D eigenvalue weighted by Gasteiger charge is 2.52. The number of methoxy groups -OCH3 is 1. The highest BCUT2D eigenvalue weighted by molar-refractivity contribution is 5.77. The van der Waals surface area contributed by atoms with Crippen LogP contribution in [0.3, 0.4) is 0 Å². The number of aryl methyl sites for hydroxylation is 1. The fourth-order valence-corrected chi connectivity index (χ4v) is 7.87. The molecule has 4 fully saturated rings. The van der Waals surface area contributed by atoms with E-state index in [0.717, 1.165) is 62.2 Å². The van der Waals surface area contributed by atoms with E-state index in [0.29, 0.717) is 17.4 Å². The molecule has 1 amide bonds. The molecule has 29 heavy (non-hydrogen) atoms. The van der Waals surface area contributed by atoms with Crippen LogP contribution in [0.15, 0.2) is 18.2 Å². The van der Waals surface area contributed by atoms with Gasteiger partial charge in [0.2, 0.25) is 5.91 Å². The summed E-state index contributed by atoms with van der Waals surface area (Å²) < 4.78 is 5.65. The number of carbonyl (C=O) groups is 1. The summed E-state index contributed by atoms with van der Waals surface area (Å²) in [4.78, 5) is 15.9.